The quantitative estimate of drug-likeness (QED) is 0.647. The molecule has 0 aliphatic carbocycles. The monoisotopic (exact) mass is 265 g/mol. The second-order valence-corrected chi connectivity index (χ2v) is 5.56. The van der Waals surface area contributed by atoms with Crippen LogP contribution in [0.4, 0.5) is 5.69 Å². The van der Waals surface area contributed by atoms with E-state index in [-0.39, 0.29) is 5.84 Å². The average Bonchev–Trinajstić information content (AvgIpc) is 2.38. The number of anilines is 1. The highest BCUT2D eigenvalue weighted by Gasteiger charge is 2.22. The van der Waals surface area contributed by atoms with E-state index < -0.39 is 0 Å². The minimum Gasteiger partial charge on any atom is -0.497 e. The summed E-state index contributed by atoms with van der Waals surface area (Å²) in [6.07, 6.45) is 0. The average molecular weight is 265 g/mol. The lowest BCUT2D eigenvalue weighted by Crippen LogP contribution is -2.41. The van der Waals surface area contributed by atoms with Crippen molar-refractivity contribution in [2.24, 2.45) is 5.73 Å². The van der Waals surface area contributed by atoms with Gasteiger partial charge in [0.25, 0.3) is 0 Å². The van der Waals surface area contributed by atoms with Gasteiger partial charge in [-0.25, -0.2) is 0 Å². The summed E-state index contributed by atoms with van der Waals surface area (Å²) in [4.78, 5) is 2.32. The van der Waals surface area contributed by atoms with Gasteiger partial charge >= 0.3 is 0 Å². The molecule has 0 bridgehead atoms. The van der Waals surface area contributed by atoms with Crippen LogP contribution in [-0.2, 0) is 0 Å². The lowest BCUT2D eigenvalue weighted by molar-refractivity contribution is 0.414. The van der Waals surface area contributed by atoms with Crippen molar-refractivity contribution >= 4 is 23.3 Å². The van der Waals surface area contributed by atoms with Gasteiger partial charge in [0.1, 0.15) is 11.6 Å². The summed E-state index contributed by atoms with van der Waals surface area (Å²) in [6.45, 7) is 3.19. The lowest BCUT2D eigenvalue weighted by Gasteiger charge is -2.36. The number of hydrogen-bond acceptors (Lipinski definition) is 4. The van der Waals surface area contributed by atoms with E-state index in [0.717, 1.165) is 35.1 Å². The number of rotatable bonds is 3. The van der Waals surface area contributed by atoms with Crippen molar-refractivity contribution in [3.63, 3.8) is 0 Å². The van der Waals surface area contributed by atoms with Crippen LogP contribution < -0.4 is 15.4 Å². The smallest absolute Gasteiger partial charge is 0.124 e. The van der Waals surface area contributed by atoms with E-state index in [1.165, 1.54) is 0 Å². The number of nitrogens with one attached hydrogen (secondary N) is 1. The largest absolute Gasteiger partial charge is 0.497 e. The summed E-state index contributed by atoms with van der Waals surface area (Å²) in [6, 6.07) is 6.14. The number of methoxy groups -OCH3 is 1. The molecule has 3 N–H and O–H groups in total. The van der Waals surface area contributed by atoms with E-state index in [2.05, 4.69) is 11.8 Å². The lowest BCUT2D eigenvalue weighted by atomic mass is 10.1. The molecular weight excluding hydrogens is 246 g/mol. The summed E-state index contributed by atoms with van der Waals surface area (Å²) in [5.41, 5.74) is 7.46. The number of amidine groups is 1. The number of ether oxygens (including phenoxy) is 1. The van der Waals surface area contributed by atoms with E-state index >= 15 is 0 Å². The Morgan fingerprint density at radius 3 is 2.94 bits per heavy atom. The maximum absolute atomic E-state index is 7.69. The number of thioether (sulfide) groups is 1. The predicted octanol–water partition coefficient (Wildman–Crippen LogP) is 1.92. The zero-order valence-electron chi connectivity index (χ0n) is 10.8. The second kappa shape index (κ2) is 5.52. The molecule has 1 aromatic carbocycles. The molecule has 1 saturated heterocycles. The van der Waals surface area contributed by atoms with Crippen molar-refractivity contribution in [2.75, 3.05) is 30.1 Å². The number of nitrogen functional groups attached to an aromatic ring is 1. The van der Waals surface area contributed by atoms with Crippen molar-refractivity contribution in [1.29, 1.82) is 5.41 Å². The molecule has 0 spiro atoms. The molecule has 1 atom stereocenters. The zero-order valence-corrected chi connectivity index (χ0v) is 11.6. The molecule has 4 nitrogen and oxygen atoms in total. The van der Waals surface area contributed by atoms with Gasteiger partial charge in [0.05, 0.1) is 12.8 Å². The highest BCUT2D eigenvalue weighted by molar-refractivity contribution is 7.99. The van der Waals surface area contributed by atoms with Gasteiger partial charge in [0.15, 0.2) is 0 Å². The van der Waals surface area contributed by atoms with Gasteiger partial charge in [-0.3, -0.25) is 5.41 Å². The molecule has 1 aliphatic heterocycles. The van der Waals surface area contributed by atoms with Crippen LogP contribution in [0, 0.1) is 5.41 Å². The topological polar surface area (TPSA) is 62.3 Å². The Morgan fingerprint density at radius 2 is 2.33 bits per heavy atom. The molecule has 1 unspecified atom stereocenters. The van der Waals surface area contributed by atoms with Crippen molar-refractivity contribution in [1.82, 2.24) is 0 Å². The van der Waals surface area contributed by atoms with Crippen LogP contribution >= 0.6 is 11.8 Å². The van der Waals surface area contributed by atoms with E-state index in [1.807, 2.05) is 30.0 Å². The van der Waals surface area contributed by atoms with Gasteiger partial charge in [-0.15, -0.1) is 0 Å². The molecule has 5 heteroatoms. The first-order chi connectivity index (χ1) is 8.63. The summed E-state index contributed by atoms with van der Waals surface area (Å²) < 4.78 is 5.27. The normalized spacial score (nSPS) is 19.7. The number of hydrogen-bond donors (Lipinski definition) is 2. The van der Waals surface area contributed by atoms with Gasteiger partial charge in [0, 0.05) is 35.7 Å². The third-order valence-electron chi connectivity index (χ3n) is 3.17. The van der Waals surface area contributed by atoms with Crippen molar-refractivity contribution < 1.29 is 4.74 Å². The Morgan fingerprint density at radius 1 is 1.56 bits per heavy atom. The fraction of sp³-hybridized carbons (Fsp3) is 0.462. The highest BCUT2D eigenvalue weighted by atomic mass is 32.2. The minimum atomic E-state index is 0.109. The number of benzene rings is 1. The summed E-state index contributed by atoms with van der Waals surface area (Å²) in [7, 11) is 1.65. The minimum absolute atomic E-state index is 0.109. The van der Waals surface area contributed by atoms with Crippen LogP contribution in [0.3, 0.4) is 0 Å². The molecule has 98 valence electrons. The summed E-state index contributed by atoms with van der Waals surface area (Å²) in [5.74, 6) is 3.13. The number of nitrogens with two attached hydrogens (primary N) is 1. The molecule has 0 amide bonds. The van der Waals surface area contributed by atoms with Crippen LogP contribution in [0.25, 0.3) is 0 Å². The first-order valence-corrected chi connectivity index (χ1v) is 7.15. The van der Waals surface area contributed by atoms with Crippen LogP contribution in [0.5, 0.6) is 5.75 Å². The molecular formula is C13H19N3OS. The van der Waals surface area contributed by atoms with Crippen LogP contribution in [-0.4, -0.2) is 37.0 Å². The Bertz CT molecular complexity index is 450. The maximum atomic E-state index is 7.69. The van der Waals surface area contributed by atoms with E-state index in [0.29, 0.717) is 6.04 Å². The fourth-order valence-corrected chi connectivity index (χ4v) is 3.20. The van der Waals surface area contributed by atoms with Crippen molar-refractivity contribution in [3.8, 4) is 5.75 Å². The van der Waals surface area contributed by atoms with E-state index in [9.17, 15) is 0 Å². The number of nitrogens with zero attached hydrogens (tertiary/aromatic N) is 1. The molecule has 0 radical (unpaired) electrons. The standard InChI is InChI=1S/C13H19N3OS/c1-9-8-18-6-5-16(9)12-7-10(17-2)3-4-11(12)13(14)15/h3-4,7,9H,5-6,8H2,1-2H3,(H3,14,15). The van der Waals surface area contributed by atoms with Crippen LogP contribution in [0.2, 0.25) is 0 Å². The summed E-state index contributed by atoms with van der Waals surface area (Å²) >= 11 is 1.97. The van der Waals surface area contributed by atoms with Gasteiger partial charge in [-0.2, -0.15) is 11.8 Å². The second-order valence-electron chi connectivity index (χ2n) is 4.41. The molecule has 2 rings (SSSR count). The van der Waals surface area contributed by atoms with Crippen LogP contribution in [0.15, 0.2) is 18.2 Å². The first kappa shape index (κ1) is 13.1. The molecule has 0 saturated carbocycles. The third kappa shape index (κ3) is 2.56. The van der Waals surface area contributed by atoms with Crippen molar-refractivity contribution in [3.05, 3.63) is 23.8 Å². The molecule has 1 aromatic rings. The zero-order chi connectivity index (χ0) is 13.1. The third-order valence-corrected chi connectivity index (χ3v) is 4.36. The predicted molar refractivity (Wildman–Crippen MR) is 78.1 cm³/mol. The van der Waals surface area contributed by atoms with Crippen molar-refractivity contribution in [2.45, 2.75) is 13.0 Å². The molecule has 0 aromatic heterocycles. The fourth-order valence-electron chi connectivity index (χ4n) is 2.19. The Labute approximate surface area is 112 Å². The van der Waals surface area contributed by atoms with Gasteiger partial charge in [0.2, 0.25) is 0 Å². The SMILES string of the molecule is COc1ccc(C(=N)N)c(N2CCSCC2C)c1. The Hall–Kier alpha value is -1.36. The van der Waals surface area contributed by atoms with E-state index in [1.54, 1.807) is 7.11 Å². The Balaban J connectivity index is 2.42. The molecule has 18 heavy (non-hydrogen) atoms. The Kier molecular flexibility index (Phi) is 4.01. The van der Waals surface area contributed by atoms with Gasteiger partial charge in [-0.05, 0) is 19.1 Å². The van der Waals surface area contributed by atoms with E-state index in [4.69, 9.17) is 15.9 Å². The maximum Gasteiger partial charge on any atom is 0.124 e. The highest BCUT2D eigenvalue weighted by Crippen LogP contribution is 2.30. The first-order valence-electron chi connectivity index (χ1n) is 6.00. The van der Waals surface area contributed by atoms with Gasteiger partial charge < -0.3 is 15.4 Å². The van der Waals surface area contributed by atoms with Crippen LogP contribution in [0.1, 0.15) is 12.5 Å². The molecule has 1 fully saturated rings. The molecule has 1 aliphatic rings. The van der Waals surface area contributed by atoms with Gasteiger partial charge in [-0.1, -0.05) is 0 Å². The molecule has 1 heterocycles. The summed E-state index contributed by atoms with van der Waals surface area (Å²) in [5, 5.41) is 7.69.